The van der Waals surface area contributed by atoms with E-state index in [9.17, 15) is 0 Å². The normalized spacial score (nSPS) is 12.1. The van der Waals surface area contributed by atoms with Crippen LogP contribution in [0.5, 0.6) is 5.75 Å². The summed E-state index contributed by atoms with van der Waals surface area (Å²) >= 11 is 0. The van der Waals surface area contributed by atoms with Gasteiger partial charge in [-0.3, -0.25) is 0 Å². The van der Waals surface area contributed by atoms with Crippen molar-refractivity contribution in [2.24, 2.45) is 0 Å². The van der Waals surface area contributed by atoms with Gasteiger partial charge in [-0.2, -0.15) is 0 Å². The lowest BCUT2D eigenvalue weighted by molar-refractivity contribution is 0.414. The highest BCUT2D eigenvalue weighted by Gasteiger charge is 2.02. The van der Waals surface area contributed by atoms with Crippen LogP contribution in [0.4, 0.5) is 0 Å². The Morgan fingerprint density at radius 1 is 1.43 bits per heavy atom. The van der Waals surface area contributed by atoms with Crippen LogP contribution < -0.4 is 10.1 Å². The third-order valence-corrected chi connectivity index (χ3v) is 2.18. The number of ether oxygens (including phenoxy) is 1. The van der Waals surface area contributed by atoms with Crippen LogP contribution in [0.15, 0.2) is 36.9 Å². The lowest BCUT2D eigenvalue weighted by Gasteiger charge is -2.12. The number of hydrogen-bond acceptors (Lipinski definition) is 2. The molecule has 2 nitrogen and oxygen atoms in total. The van der Waals surface area contributed by atoms with Gasteiger partial charge in [-0.05, 0) is 24.6 Å². The molecule has 0 radical (unpaired) electrons. The fourth-order valence-electron chi connectivity index (χ4n) is 1.27. The lowest BCUT2D eigenvalue weighted by atomic mass is 10.1. The Balaban J connectivity index is 2.61. The highest BCUT2D eigenvalue weighted by molar-refractivity contribution is 5.28. The fraction of sp³-hybridized carbons (Fsp3) is 0.333. The quantitative estimate of drug-likeness (QED) is 0.722. The summed E-state index contributed by atoms with van der Waals surface area (Å²) in [4.78, 5) is 0. The number of rotatable bonds is 5. The van der Waals surface area contributed by atoms with Gasteiger partial charge in [0.05, 0.1) is 7.11 Å². The van der Waals surface area contributed by atoms with Crippen LogP contribution in [0, 0.1) is 0 Å². The number of benzene rings is 1. The van der Waals surface area contributed by atoms with Crippen LogP contribution in [0.2, 0.25) is 0 Å². The molecule has 1 rings (SSSR count). The predicted octanol–water partition coefficient (Wildman–Crippen LogP) is 2.53. The summed E-state index contributed by atoms with van der Waals surface area (Å²) < 4.78 is 5.09. The van der Waals surface area contributed by atoms with Crippen LogP contribution in [0.1, 0.15) is 18.5 Å². The molecular formula is C12H17NO. The van der Waals surface area contributed by atoms with Crippen LogP contribution in [-0.4, -0.2) is 13.7 Å². The molecule has 0 aliphatic heterocycles. The second kappa shape index (κ2) is 5.45. The minimum Gasteiger partial charge on any atom is -0.497 e. The SMILES string of the molecule is C=CCNC(C)c1ccc(OC)cc1. The number of nitrogens with one attached hydrogen (secondary N) is 1. The molecule has 0 aliphatic carbocycles. The van der Waals surface area contributed by atoms with Gasteiger partial charge in [0.2, 0.25) is 0 Å². The summed E-state index contributed by atoms with van der Waals surface area (Å²) in [5, 5.41) is 3.33. The maximum Gasteiger partial charge on any atom is 0.118 e. The van der Waals surface area contributed by atoms with E-state index in [2.05, 4.69) is 31.0 Å². The highest BCUT2D eigenvalue weighted by atomic mass is 16.5. The summed E-state index contributed by atoms with van der Waals surface area (Å²) in [5.41, 5.74) is 1.26. The zero-order valence-corrected chi connectivity index (χ0v) is 8.79. The molecule has 1 N–H and O–H groups in total. The van der Waals surface area contributed by atoms with Crippen LogP contribution in [0.25, 0.3) is 0 Å². The Morgan fingerprint density at radius 3 is 2.57 bits per heavy atom. The van der Waals surface area contributed by atoms with E-state index in [4.69, 9.17) is 4.74 Å². The van der Waals surface area contributed by atoms with E-state index < -0.39 is 0 Å². The number of methoxy groups -OCH3 is 1. The minimum absolute atomic E-state index is 0.346. The van der Waals surface area contributed by atoms with Gasteiger partial charge in [0, 0.05) is 12.6 Å². The summed E-state index contributed by atoms with van der Waals surface area (Å²) in [7, 11) is 1.67. The molecule has 14 heavy (non-hydrogen) atoms. The van der Waals surface area contributed by atoms with Gasteiger partial charge >= 0.3 is 0 Å². The van der Waals surface area contributed by atoms with E-state index >= 15 is 0 Å². The summed E-state index contributed by atoms with van der Waals surface area (Å²) in [6, 6.07) is 8.43. The van der Waals surface area contributed by atoms with Crippen LogP contribution in [0.3, 0.4) is 0 Å². The van der Waals surface area contributed by atoms with Crippen molar-refractivity contribution < 1.29 is 4.74 Å². The molecule has 1 atom stereocenters. The van der Waals surface area contributed by atoms with Crippen molar-refractivity contribution in [2.75, 3.05) is 13.7 Å². The van der Waals surface area contributed by atoms with E-state index in [-0.39, 0.29) is 0 Å². The molecule has 0 fully saturated rings. The molecule has 2 heteroatoms. The van der Waals surface area contributed by atoms with E-state index in [1.165, 1.54) is 5.56 Å². The summed E-state index contributed by atoms with van der Waals surface area (Å²) in [6.45, 7) is 6.63. The molecule has 0 amide bonds. The first kappa shape index (κ1) is 10.8. The van der Waals surface area contributed by atoms with Crippen LogP contribution >= 0.6 is 0 Å². The Bertz CT molecular complexity index is 279. The van der Waals surface area contributed by atoms with E-state index in [0.29, 0.717) is 6.04 Å². The van der Waals surface area contributed by atoms with Crippen molar-refractivity contribution >= 4 is 0 Å². The smallest absolute Gasteiger partial charge is 0.118 e. The molecule has 0 bridgehead atoms. The van der Waals surface area contributed by atoms with Crippen molar-refractivity contribution in [3.05, 3.63) is 42.5 Å². The summed E-state index contributed by atoms with van der Waals surface area (Å²) in [5.74, 6) is 0.893. The highest BCUT2D eigenvalue weighted by Crippen LogP contribution is 2.16. The second-order valence-corrected chi connectivity index (χ2v) is 3.19. The van der Waals surface area contributed by atoms with Crippen molar-refractivity contribution in [3.63, 3.8) is 0 Å². The molecular weight excluding hydrogens is 174 g/mol. The van der Waals surface area contributed by atoms with Crippen molar-refractivity contribution in [3.8, 4) is 5.75 Å². The third-order valence-electron chi connectivity index (χ3n) is 2.18. The molecule has 0 heterocycles. The van der Waals surface area contributed by atoms with Gasteiger partial charge < -0.3 is 10.1 Å². The standard InChI is InChI=1S/C12H17NO/c1-4-9-13-10(2)11-5-7-12(14-3)8-6-11/h4-8,10,13H,1,9H2,2-3H3. The van der Waals surface area contributed by atoms with Gasteiger partial charge in [-0.1, -0.05) is 18.2 Å². The molecule has 76 valence electrons. The zero-order valence-electron chi connectivity index (χ0n) is 8.79. The minimum atomic E-state index is 0.346. The van der Waals surface area contributed by atoms with Crippen molar-refractivity contribution in [1.29, 1.82) is 0 Å². The maximum atomic E-state index is 5.09. The average Bonchev–Trinajstić information content (AvgIpc) is 2.26. The first-order valence-corrected chi connectivity index (χ1v) is 4.76. The average molecular weight is 191 g/mol. The largest absolute Gasteiger partial charge is 0.497 e. The Kier molecular flexibility index (Phi) is 4.20. The predicted molar refractivity (Wildman–Crippen MR) is 59.6 cm³/mol. The van der Waals surface area contributed by atoms with Gasteiger partial charge in [-0.25, -0.2) is 0 Å². The van der Waals surface area contributed by atoms with Gasteiger partial charge in [0.25, 0.3) is 0 Å². The lowest BCUT2D eigenvalue weighted by Crippen LogP contribution is -2.18. The molecule has 1 aromatic rings. The third kappa shape index (κ3) is 2.89. The molecule has 0 aromatic heterocycles. The molecule has 0 saturated carbocycles. The van der Waals surface area contributed by atoms with E-state index in [1.807, 2.05) is 18.2 Å². The van der Waals surface area contributed by atoms with Crippen LogP contribution in [-0.2, 0) is 0 Å². The van der Waals surface area contributed by atoms with Gasteiger partial charge in [0.15, 0.2) is 0 Å². The van der Waals surface area contributed by atoms with Gasteiger partial charge in [-0.15, -0.1) is 6.58 Å². The monoisotopic (exact) mass is 191 g/mol. The number of hydrogen-bond donors (Lipinski definition) is 1. The molecule has 0 saturated heterocycles. The van der Waals surface area contributed by atoms with E-state index in [0.717, 1.165) is 12.3 Å². The molecule has 1 aromatic carbocycles. The first-order valence-electron chi connectivity index (χ1n) is 4.76. The summed E-state index contributed by atoms with van der Waals surface area (Å²) in [6.07, 6.45) is 1.86. The van der Waals surface area contributed by atoms with E-state index in [1.54, 1.807) is 7.11 Å². The zero-order chi connectivity index (χ0) is 10.4. The Morgan fingerprint density at radius 2 is 2.07 bits per heavy atom. The molecule has 1 unspecified atom stereocenters. The van der Waals surface area contributed by atoms with Crippen molar-refractivity contribution in [1.82, 2.24) is 5.32 Å². The topological polar surface area (TPSA) is 21.3 Å². The van der Waals surface area contributed by atoms with Gasteiger partial charge in [0.1, 0.15) is 5.75 Å². The Labute approximate surface area is 85.6 Å². The fourth-order valence-corrected chi connectivity index (χ4v) is 1.27. The first-order chi connectivity index (χ1) is 6.77. The Hall–Kier alpha value is -1.28. The molecule has 0 spiro atoms. The maximum absolute atomic E-state index is 5.09. The van der Waals surface area contributed by atoms with Crippen molar-refractivity contribution in [2.45, 2.75) is 13.0 Å². The second-order valence-electron chi connectivity index (χ2n) is 3.19. The molecule has 0 aliphatic rings.